The van der Waals surface area contributed by atoms with Gasteiger partial charge in [0.15, 0.2) is 0 Å². The molecular formula is C30H34ClN3O5. The molecule has 0 aromatic heterocycles. The van der Waals surface area contributed by atoms with Gasteiger partial charge in [0.25, 0.3) is 5.91 Å². The zero-order valence-electron chi connectivity index (χ0n) is 22.0. The highest BCUT2D eigenvalue weighted by atomic mass is 35.5. The molecule has 39 heavy (non-hydrogen) atoms. The van der Waals surface area contributed by atoms with Crippen LogP contribution >= 0.6 is 11.6 Å². The van der Waals surface area contributed by atoms with Crippen LogP contribution in [0.1, 0.15) is 46.3 Å². The van der Waals surface area contributed by atoms with Crippen LogP contribution in [0.15, 0.2) is 48.7 Å². The molecule has 2 amide bonds. The van der Waals surface area contributed by atoms with E-state index in [2.05, 4.69) is 16.8 Å². The van der Waals surface area contributed by atoms with Gasteiger partial charge in [0.2, 0.25) is 5.91 Å². The van der Waals surface area contributed by atoms with Crippen molar-refractivity contribution in [2.24, 2.45) is 0 Å². The lowest BCUT2D eigenvalue weighted by Gasteiger charge is -2.30. The van der Waals surface area contributed by atoms with Gasteiger partial charge in [-0.25, -0.2) is 0 Å². The molecule has 206 valence electrons. The number of carbonyl (C=O) groups is 3. The maximum absolute atomic E-state index is 12.9. The maximum atomic E-state index is 12.9. The molecule has 9 heteroatoms. The Morgan fingerprint density at radius 1 is 1.13 bits per heavy atom. The summed E-state index contributed by atoms with van der Waals surface area (Å²) in [4.78, 5) is 42.0. The lowest BCUT2D eigenvalue weighted by molar-refractivity contribution is -0.126. The van der Waals surface area contributed by atoms with Crippen LogP contribution in [-0.4, -0.2) is 72.9 Å². The van der Waals surface area contributed by atoms with Crippen molar-refractivity contribution in [1.29, 1.82) is 0 Å². The standard InChI is InChI=1S/C30H34ClN3O5/c1-20-2-8-27(29(36)32-20)34-19-23-16-21(4-7-25(23)30(34)37)3-6-24(35)17-22-5-9-28(26(31)18-22)39-15-12-33-10-13-38-14-11-33/h4-5,7,9,16,18,27H,1-3,6,8,10-15,17,19H2,(H,32,36). The average Bonchev–Trinajstić information content (AvgIpc) is 3.24. The number of hydrogen-bond acceptors (Lipinski definition) is 6. The monoisotopic (exact) mass is 551 g/mol. The molecule has 2 aromatic carbocycles. The number of ketones is 1. The van der Waals surface area contributed by atoms with Gasteiger partial charge in [-0.3, -0.25) is 19.3 Å². The van der Waals surface area contributed by atoms with E-state index in [1.165, 1.54) is 0 Å². The fourth-order valence-electron chi connectivity index (χ4n) is 5.34. The molecule has 8 nitrogen and oxygen atoms in total. The Morgan fingerprint density at radius 3 is 2.69 bits per heavy atom. The summed E-state index contributed by atoms with van der Waals surface area (Å²) in [5.41, 5.74) is 4.08. The minimum Gasteiger partial charge on any atom is -0.491 e. The summed E-state index contributed by atoms with van der Waals surface area (Å²) in [5.74, 6) is 0.444. The smallest absolute Gasteiger partial charge is 0.255 e. The summed E-state index contributed by atoms with van der Waals surface area (Å²) in [6.07, 6.45) is 2.52. The molecule has 1 N–H and O–H groups in total. The Kier molecular flexibility index (Phi) is 8.65. The van der Waals surface area contributed by atoms with Crippen LogP contribution in [0.5, 0.6) is 5.75 Å². The van der Waals surface area contributed by atoms with Crippen LogP contribution in [0.4, 0.5) is 0 Å². The molecule has 5 rings (SSSR count). The van der Waals surface area contributed by atoms with Gasteiger partial charge in [-0.05, 0) is 54.2 Å². The number of rotatable bonds is 10. The van der Waals surface area contributed by atoms with Crippen molar-refractivity contribution in [3.63, 3.8) is 0 Å². The van der Waals surface area contributed by atoms with E-state index in [1.54, 1.807) is 11.0 Å². The number of hydrogen-bond donors (Lipinski definition) is 1. The number of halogens is 1. The lowest BCUT2D eigenvalue weighted by Crippen LogP contribution is -2.49. The second kappa shape index (κ2) is 12.3. The van der Waals surface area contributed by atoms with Crippen LogP contribution in [0.3, 0.4) is 0 Å². The summed E-state index contributed by atoms with van der Waals surface area (Å²) in [6, 6.07) is 10.7. The highest BCUT2D eigenvalue weighted by Gasteiger charge is 2.38. The Morgan fingerprint density at radius 2 is 1.92 bits per heavy atom. The molecule has 3 heterocycles. The van der Waals surface area contributed by atoms with Crippen molar-refractivity contribution in [3.05, 3.63) is 76.0 Å². The van der Waals surface area contributed by atoms with E-state index < -0.39 is 6.04 Å². The molecule has 0 radical (unpaired) electrons. The van der Waals surface area contributed by atoms with E-state index in [0.717, 1.165) is 49.5 Å². The van der Waals surface area contributed by atoms with Gasteiger partial charge < -0.3 is 19.7 Å². The van der Waals surface area contributed by atoms with Crippen LogP contribution in [0.2, 0.25) is 5.02 Å². The van der Waals surface area contributed by atoms with Crippen LogP contribution < -0.4 is 10.1 Å². The minimum absolute atomic E-state index is 0.115. The normalized spacial score (nSPS) is 19.7. The van der Waals surface area contributed by atoms with E-state index >= 15 is 0 Å². The zero-order valence-corrected chi connectivity index (χ0v) is 22.8. The van der Waals surface area contributed by atoms with Gasteiger partial charge in [0.05, 0.1) is 18.2 Å². The number of nitrogens with zero attached hydrogens (tertiary/aromatic N) is 2. The SMILES string of the molecule is C=C1CCC(N2Cc3cc(CCC(=O)Cc4ccc(OCCN5CCOCC5)c(Cl)c4)ccc3C2=O)C(=O)N1. The largest absolute Gasteiger partial charge is 0.491 e. The first kappa shape index (κ1) is 27.4. The van der Waals surface area contributed by atoms with Gasteiger partial charge in [-0.2, -0.15) is 0 Å². The van der Waals surface area contributed by atoms with Crippen molar-refractivity contribution in [3.8, 4) is 5.75 Å². The van der Waals surface area contributed by atoms with Gasteiger partial charge in [0.1, 0.15) is 24.2 Å². The highest BCUT2D eigenvalue weighted by molar-refractivity contribution is 6.32. The molecule has 1 unspecified atom stereocenters. The highest BCUT2D eigenvalue weighted by Crippen LogP contribution is 2.30. The molecule has 2 fully saturated rings. The number of ether oxygens (including phenoxy) is 2. The van der Waals surface area contributed by atoms with E-state index in [-0.39, 0.29) is 17.6 Å². The van der Waals surface area contributed by atoms with E-state index in [4.69, 9.17) is 21.1 Å². The number of aryl methyl sites for hydroxylation is 1. The topological polar surface area (TPSA) is 88.2 Å². The fourth-order valence-corrected chi connectivity index (χ4v) is 5.60. The summed E-state index contributed by atoms with van der Waals surface area (Å²) < 4.78 is 11.2. The van der Waals surface area contributed by atoms with Crippen LogP contribution in [0, 0.1) is 0 Å². The number of carbonyl (C=O) groups excluding carboxylic acids is 3. The van der Waals surface area contributed by atoms with E-state index in [9.17, 15) is 14.4 Å². The number of fused-ring (bicyclic) bond motifs is 1. The summed E-state index contributed by atoms with van der Waals surface area (Å²) in [6.45, 7) is 8.92. The van der Waals surface area contributed by atoms with Gasteiger partial charge in [0, 0.05) is 50.3 Å². The summed E-state index contributed by atoms with van der Waals surface area (Å²) >= 11 is 6.43. The van der Waals surface area contributed by atoms with Crippen molar-refractivity contribution < 1.29 is 23.9 Å². The van der Waals surface area contributed by atoms with Crippen molar-refractivity contribution >= 4 is 29.2 Å². The first-order valence-electron chi connectivity index (χ1n) is 13.5. The first-order chi connectivity index (χ1) is 18.9. The predicted octanol–water partition coefficient (Wildman–Crippen LogP) is 3.54. The third-order valence-electron chi connectivity index (χ3n) is 7.56. The number of piperidine rings is 1. The molecule has 0 spiro atoms. The van der Waals surface area contributed by atoms with Gasteiger partial charge in [-0.1, -0.05) is 36.4 Å². The minimum atomic E-state index is -0.478. The second-order valence-corrected chi connectivity index (χ2v) is 10.8. The number of benzene rings is 2. The molecule has 3 aliphatic heterocycles. The number of amides is 2. The zero-order chi connectivity index (χ0) is 27.4. The Labute approximate surface area is 233 Å². The van der Waals surface area contributed by atoms with Crippen molar-refractivity contribution in [2.75, 3.05) is 39.5 Å². The number of nitrogens with one attached hydrogen (secondary N) is 1. The number of allylic oxidation sites excluding steroid dienone is 1. The van der Waals surface area contributed by atoms with E-state index in [0.29, 0.717) is 67.3 Å². The quantitative estimate of drug-likeness (QED) is 0.486. The average molecular weight is 552 g/mol. The Balaban J connectivity index is 1.10. The maximum Gasteiger partial charge on any atom is 0.255 e. The lowest BCUT2D eigenvalue weighted by atomic mass is 9.99. The molecule has 1 atom stereocenters. The molecule has 0 bridgehead atoms. The molecule has 2 aromatic rings. The second-order valence-electron chi connectivity index (χ2n) is 10.4. The van der Waals surface area contributed by atoms with Crippen LogP contribution in [0.25, 0.3) is 0 Å². The molecule has 2 saturated heterocycles. The van der Waals surface area contributed by atoms with Gasteiger partial charge in [-0.15, -0.1) is 0 Å². The third-order valence-corrected chi connectivity index (χ3v) is 7.85. The summed E-state index contributed by atoms with van der Waals surface area (Å²) in [5, 5.41) is 3.27. The molecule has 0 saturated carbocycles. The van der Waals surface area contributed by atoms with Gasteiger partial charge >= 0.3 is 0 Å². The summed E-state index contributed by atoms with van der Waals surface area (Å²) in [7, 11) is 0. The molecular weight excluding hydrogens is 518 g/mol. The van der Waals surface area contributed by atoms with Crippen molar-refractivity contribution in [1.82, 2.24) is 15.1 Å². The Bertz CT molecular complexity index is 1270. The first-order valence-corrected chi connectivity index (χ1v) is 13.9. The fraction of sp³-hybridized carbons (Fsp3) is 0.433. The third kappa shape index (κ3) is 6.69. The molecule has 3 aliphatic rings. The van der Waals surface area contributed by atoms with Crippen LogP contribution in [-0.2, 0) is 33.7 Å². The van der Waals surface area contributed by atoms with E-state index in [1.807, 2.05) is 30.3 Å². The van der Waals surface area contributed by atoms with Crippen molar-refractivity contribution in [2.45, 2.75) is 44.7 Å². The number of morpholine rings is 1. The Hall–Kier alpha value is -3.20. The molecule has 0 aliphatic carbocycles. The predicted molar refractivity (Wildman–Crippen MR) is 148 cm³/mol. The number of Topliss-reactive ketones (excluding diaryl/α,β-unsaturated/α-hetero) is 1.